The topological polar surface area (TPSA) is 138 Å². The highest BCUT2D eigenvalue weighted by Crippen LogP contribution is 2.34. The number of sulfonamides is 1. The van der Waals surface area contributed by atoms with Crippen LogP contribution in [-0.4, -0.2) is 85.6 Å². The first-order chi connectivity index (χ1) is 19.4. The van der Waals surface area contributed by atoms with Crippen LogP contribution in [0.1, 0.15) is 16.8 Å². The fourth-order valence-corrected chi connectivity index (χ4v) is 6.37. The van der Waals surface area contributed by atoms with E-state index in [-0.39, 0.29) is 41.5 Å². The Morgan fingerprint density at radius 1 is 1.12 bits per heavy atom. The number of amides is 2. The number of piperazine rings is 1. The van der Waals surface area contributed by atoms with Crippen molar-refractivity contribution >= 4 is 38.6 Å². The molecule has 218 valence electrons. The number of carboxylic acid groups (broad SMARTS) is 1. The first-order valence-corrected chi connectivity index (χ1v) is 14.0. The molecule has 0 spiro atoms. The average Bonchev–Trinajstić information content (AvgIpc) is 3.47. The maximum absolute atomic E-state index is 13.4. The Hall–Kier alpha value is -4.11. The number of rotatable bonds is 6. The van der Waals surface area contributed by atoms with E-state index >= 15 is 0 Å². The summed E-state index contributed by atoms with van der Waals surface area (Å²) in [6, 6.07) is 10.1. The summed E-state index contributed by atoms with van der Waals surface area (Å²) in [7, 11) is -4.43. The summed E-state index contributed by atoms with van der Waals surface area (Å²) >= 11 is 0. The Labute approximate surface area is 232 Å². The third-order valence-electron chi connectivity index (χ3n) is 7.04. The molecule has 5 rings (SSSR count). The van der Waals surface area contributed by atoms with E-state index in [4.69, 9.17) is 4.74 Å². The molecule has 41 heavy (non-hydrogen) atoms. The van der Waals surface area contributed by atoms with E-state index in [0.717, 1.165) is 12.1 Å². The number of aromatic nitrogens is 1. The van der Waals surface area contributed by atoms with E-state index in [1.165, 1.54) is 34.2 Å². The first-order valence-electron chi connectivity index (χ1n) is 12.6. The van der Waals surface area contributed by atoms with Crippen molar-refractivity contribution in [3.63, 3.8) is 0 Å². The molecule has 2 atom stereocenters. The van der Waals surface area contributed by atoms with Crippen molar-refractivity contribution in [1.29, 1.82) is 0 Å². The van der Waals surface area contributed by atoms with E-state index < -0.39 is 45.9 Å². The van der Waals surface area contributed by atoms with Crippen molar-refractivity contribution in [3.8, 4) is 5.75 Å². The number of hydrogen-bond acceptors (Lipinski definition) is 7. The van der Waals surface area contributed by atoms with Gasteiger partial charge in [0.1, 0.15) is 4.90 Å². The molecule has 0 radical (unpaired) electrons. The zero-order valence-corrected chi connectivity index (χ0v) is 22.2. The summed E-state index contributed by atoms with van der Waals surface area (Å²) in [6.07, 6.45) is -4.32. The van der Waals surface area contributed by atoms with Crippen LogP contribution in [0.3, 0.4) is 0 Å². The van der Waals surface area contributed by atoms with Gasteiger partial charge in [-0.2, -0.15) is 0 Å². The van der Waals surface area contributed by atoms with Crippen LogP contribution in [0.2, 0.25) is 0 Å². The molecule has 0 bridgehead atoms. The quantitative estimate of drug-likeness (QED) is 0.440. The zero-order chi connectivity index (χ0) is 29.4. The number of para-hydroxylation sites is 1. The molecule has 2 saturated heterocycles. The lowest BCUT2D eigenvalue weighted by Crippen LogP contribution is -2.58. The van der Waals surface area contributed by atoms with Gasteiger partial charge in [-0.15, -0.1) is 13.2 Å². The SMILES string of the molecule is O=C(c1ccc(NS(=O)(=O)c2cccc3cccnc23)c(OC(F)(F)F)c1)N1CCN(C(=O)O)[C@H](C2CCOC2)C1. The number of fused-ring (bicyclic) bond motifs is 1. The Kier molecular flexibility index (Phi) is 7.66. The molecule has 15 heteroatoms. The molecule has 1 unspecified atom stereocenters. The number of carbonyl (C=O) groups excluding carboxylic acids is 1. The van der Waals surface area contributed by atoms with Crippen LogP contribution in [0, 0.1) is 5.92 Å². The Balaban J connectivity index is 1.44. The van der Waals surface area contributed by atoms with Crippen molar-refractivity contribution in [3.05, 3.63) is 60.3 Å². The maximum atomic E-state index is 13.4. The molecule has 2 aliphatic heterocycles. The Morgan fingerprint density at radius 3 is 2.61 bits per heavy atom. The Bertz CT molecular complexity index is 1570. The number of hydrogen-bond donors (Lipinski definition) is 2. The van der Waals surface area contributed by atoms with Crippen LogP contribution in [0.4, 0.5) is 23.7 Å². The molecular weight excluding hydrogens is 569 g/mol. The zero-order valence-electron chi connectivity index (χ0n) is 21.4. The minimum Gasteiger partial charge on any atom is -0.465 e. The molecule has 11 nitrogen and oxygen atoms in total. The van der Waals surface area contributed by atoms with E-state index in [1.807, 2.05) is 0 Å². The lowest BCUT2D eigenvalue weighted by atomic mass is 9.95. The van der Waals surface area contributed by atoms with Gasteiger partial charge in [0.05, 0.1) is 23.9 Å². The van der Waals surface area contributed by atoms with Gasteiger partial charge >= 0.3 is 12.5 Å². The minimum atomic E-state index is -5.19. The summed E-state index contributed by atoms with van der Waals surface area (Å²) in [5, 5.41) is 10.1. The van der Waals surface area contributed by atoms with Gasteiger partial charge in [-0.05, 0) is 36.8 Å². The number of halogens is 3. The number of alkyl halides is 3. The molecule has 2 fully saturated rings. The number of nitrogens with zero attached hydrogens (tertiary/aromatic N) is 3. The van der Waals surface area contributed by atoms with Crippen LogP contribution >= 0.6 is 0 Å². The predicted octanol–water partition coefficient (Wildman–Crippen LogP) is 3.78. The monoisotopic (exact) mass is 594 g/mol. The molecule has 2 aromatic carbocycles. The van der Waals surface area contributed by atoms with Gasteiger partial charge in [-0.1, -0.05) is 18.2 Å². The molecule has 1 aromatic heterocycles. The molecule has 0 aliphatic carbocycles. The van der Waals surface area contributed by atoms with E-state index in [1.54, 1.807) is 18.2 Å². The van der Waals surface area contributed by atoms with Crippen molar-refractivity contribution in [1.82, 2.24) is 14.8 Å². The third kappa shape index (κ3) is 6.15. The van der Waals surface area contributed by atoms with Crippen molar-refractivity contribution in [2.24, 2.45) is 5.92 Å². The van der Waals surface area contributed by atoms with Crippen LogP contribution in [-0.2, 0) is 14.8 Å². The standard InChI is InChI=1S/C26H25F3N4O7S/c27-26(28,29)40-21-13-17(24(34)32-10-11-33(25(35)36)20(14-32)18-8-12-39-15-18)6-7-19(21)31-41(37,38)22-5-1-3-16-4-2-9-30-23(16)22/h1-7,9,13,18,20,31H,8,10-12,14-15H2,(H,35,36)/t18?,20-/m0/s1. The van der Waals surface area contributed by atoms with E-state index in [0.29, 0.717) is 25.0 Å². The second kappa shape index (κ2) is 11.0. The van der Waals surface area contributed by atoms with Crippen molar-refractivity contribution in [2.75, 3.05) is 37.6 Å². The summed E-state index contributed by atoms with van der Waals surface area (Å²) in [6.45, 7) is 0.864. The minimum absolute atomic E-state index is 0.0189. The number of ether oxygens (including phenoxy) is 2. The van der Waals surface area contributed by atoms with E-state index in [2.05, 4.69) is 14.4 Å². The summed E-state index contributed by atoms with van der Waals surface area (Å²) in [5.41, 5.74) is -0.608. The molecule has 2 N–H and O–H groups in total. The molecular formula is C26H25F3N4O7S. The van der Waals surface area contributed by atoms with Gasteiger partial charge in [0.2, 0.25) is 0 Å². The van der Waals surface area contributed by atoms with Crippen molar-refractivity contribution < 1.29 is 45.8 Å². The van der Waals surface area contributed by atoms with Crippen LogP contribution in [0.25, 0.3) is 10.9 Å². The highest BCUT2D eigenvalue weighted by atomic mass is 32.2. The van der Waals surface area contributed by atoms with Crippen LogP contribution in [0.5, 0.6) is 5.75 Å². The Morgan fingerprint density at radius 2 is 1.90 bits per heavy atom. The first kappa shape index (κ1) is 28.4. The summed E-state index contributed by atoms with van der Waals surface area (Å²) < 4.78 is 78.1. The molecule has 3 aromatic rings. The van der Waals surface area contributed by atoms with Gasteiger partial charge < -0.3 is 24.4 Å². The maximum Gasteiger partial charge on any atom is 0.573 e. The molecule has 2 aliphatic rings. The molecule has 2 amide bonds. The molecule has 0 saturated carbocycles. The van der Waals surface area contributed by atoms with Crippen LogP contribution < -0.4 is 9.46 Å². The fourth-order valence-electron chi connectivity index (χ4n) is 5.12. The van der Waals surface area contributed by atoms with Gasteiger partial charge in [0.25, 0.3) is 15.9 Å². The number of benzene rings is 2. The molecule has 3 heterocycles. The second-order valence-corrected chi connectivity index (χ2v) is 11.3. The third-order valence-corrected chi connectivity index (χ3v) is 8.44. The highest BCUT2D eigenvalue weighted by Gasteiger charge is 2.39. The lowest BCUT2D eigenvalue weighted by Gasteiger charge is -2.42. The largest absolute Gasteiger partial charge is 0.573 e. The van der Waals surface area contributed by atoms with Crippen molar-refractivity contribution in [2.45, 2.75) is 23.7 Å². The fraction of sp³-hybridized carbons (Fsp3) is 0.346. The number of carbonyl (C=O) groups is 2. The number of nitrogens with one attached hydrogen (secondary N) is 1. The second-order valence-electron chi connectivity index (χ2n) is 9.61. The summed E-state index contributed by atoms with van der Waals surface area (Å²) in [4.78, 5) is 31.6. The van der Waals surface area contributed by atoms with Crippen LogP contribution in [0.15, 0.2) is 59.6 Å². The number of anilines is 1. The smallest absolute Gasteiger partial charge is 0.465 e. The van der Waals surface area contributed by atoms with Gasteiger partial charge in [0, 0.05) is 49.3 Å². The average molecular weight is 595 g/mol. The summed E-state index contributed by atoms with van der Waals surface area (Å²) in [5.74, 6) is -1.71. The number of pyridine rings is 1. The van der Waals surface area contributed by atoms with Gasteiger partial charge in [0.15, 0.2) is 5.75 Å². The van der Waals surface area contributed by atoms with E-state index in [9.17, 15) is 36.3 Å². The highest BCUT2D eigenvalue weighted by molar-refractivity contribution is 7.93. The normalized spacial score (nSPS) is 19.8. The predicted molar refractivity (Wildman–Crippen MR) is 139 cm³/mol. The van der Waals surface area contributed by atoms with Gasteiger partial charge in [-0.3, -0.25) is 14.5 Å². The lowest BCUT2D eigenvalue weighted by molar-refractivity contribution is -0.274. The van der Waals surface area contributed by atoms with Gasteiger partial charge in [-0.25, -0.2) is 13.2 Å².